The summed E-state index contributed by atoms with van der Waals surface area (Å²) in [5, 5.41) is 8.07. The van der Waals surface area contributed by atoms with E-state index in [0.29, 0.717) is 6.42 Å². The van der Waals surface area contributed by atoms with Crippen molar-refractivity contribution >= 4 is 23.3 Å². The standard InChI is InChI=1S/C16H18N4O3/c21-14-4-3-13(16(23)20-14)19-15(22)12-2-1-11(9-18-12)10-5-7-17-8-6-10/h1-2,5,9,13,17H,3-4,6-8H2,(H,19,22)(H,20,21,23). The SMILES string of the molecule is O=C1CCC(NC(=O)c2ccc(C3=CCNCC3)cn2)C(=O)N1. The van der Waals surface area contributed by atoms with Gasteiger partial charge in [-0.1, -0.05) is 12.1 Å². The molecular weight excluding hydrogens is 296 g/mol. The summed E-state index contributed by atoms with van der Waals surface area (Å²) in [5.41, 5.74) is 2.48. The zero-order valence-corrected chi connectivity index (χ0v) is 12.6. The number of nitrogens with zero attached hydrogens (tertiary/aromatic N) is 1. The van der Waals surface area contributed by atoms with E-state index in [1.54, 1.807) is 12.3 Å². The van der Waals surface area contributed by atoms with Crippen LogP contribution >= 0.6 is 0 Å². The molecule has 0 aromatic carbocycles. The molecular formula is C16H18N4O3. The van der Waals surface area contributed by atoms with E-state index >= 15 is 0 Å². The number of pyridine rings is 1. The Kier molecular flexibility index (Phi) is 4.47. The molecule has 3 heterocycles. The lowest BCUT2D eigenvalue weighted by atomic mass is 10.0. The quantitative estimate of drug-likeness (QED) is 0.682. The molecule has 1 aromatic rings. The van der Waals surface area contributed by atoms with Crippen LogP contribution in [0.3, 0.4) is 0 Å². The van der Waals surface area contributed by atoms with E-state index in [1.165, 1.54) is 5.57 Å². The number of rotatable bonds is 3. The summed E-state index contributed by atoms with van der Waals surface area (Å²) in [5.74, 6) is -1.19. The summed E-state index contributed by atoms with van der Waals surface area (Å²) in [6.45, 7) is 1.77. The van der Waals surface area contributed by atoms with E-state index in [1.807, 2.05) is 6.07 Å². The van der Waals surface area contributed by atoms with Crippen molar-refractivity contribution in [1.29, 1.82) is 0 Å². The first-order valence-electron chi connectivity index (χ1n) is 7.64. The lowest BCUT2D eigenvalue weighted by molar-refractivity contribution is -0.134. The van der Waals surface area contributed by atoms with Crippen molar-refractivity contribution in [3.05, 3.63) is 35.7 Å². The molecule has 0 saturated carbocycles. The minimum Gasteiger partial charge on any atom is -0.339 e. The van der Waals surface area contributed by atoms with Gasteiger partial charge in [0, 0.05) is 19.2 Å². The van der Waals surface area contributed by atoms with Gasteiger partial charge in [-0.05, 0) is 36.6 Å². The molecule has 23 heavy (non-hydrogen) atoms. The van der Waals surface area contributed by atoms with Gasteiger partial charge in [-0.15, -0.1) is 0 Å². The molecule has 0 spiro atoms. The zero-order valence-electron chi connectivity index (χ0n) is 12.6. The molecule has 1 unspecified atom stereocenters. The third kappa shape index (κ3) is 3.62. The first kappa shape index (κ1) is 15.4. The van der Waals surface area contributed by atoms with Crippen LogP contribution in [0.25, 0.3) is 5.57 Å². The van der Waals surface area contributed by atoms with Crippen LogP contribution in [0.1, 0.15) is 35.3 Å². The summed E-state index contributed by atoms with van der Waals surface area (Å²) >= 11 is 0. The Hall–Kier alpha value is -2.54. The maximum atomic E-state index is 12.2. The summed E-state index contributed by atoms with van der Waals surface area (Å²) in [6.07, 6.45) is 5.27. The minimum absolute atomic E-state index is 0.227. The second kappa shape index (κ2) is 6.70. The van der Waals surface area contributed by atoms with Crippen molar-refractivity contribution in [2.75, 3.05) is 13.1 Å². The maximum Gasteiger partial charge on any atom is 0.270 e. The monoisotopic (exact) mass is 314 g/mol. The number of aromatic nitrogens is 1. The van der Waals surface area contributed by atoms with Crippen LogP contribution in [-0.4, -0.2) is 41.8 Å². The molecule has 7 heteroatoms. The van der Waals surface area contributed by atoms with E-state index < -0.39 is 17.9 Å². The van der Waals surface area contributed by atoms with Crippen LogP contribution in [-0.2, 0) is 9.59 Å². The van der Waals surface area contributed by atoms with Crippen LogP contribution in [0.5, 0.6) is 0 Å². The number of piperidine rings is 1. The van der Waals surface area contributed by atoms with Crippen LogP contribution in [0.4, 0.5) is 0 Å². The molecule has 3 amide bonds. The molecule has 0 aliphatic carbocycles. The highest BCUT2D eigenvalue weighted by Crippen LogP contribution is 2.18. The third-order valence-corrected chi connectivity index (χ3v) is 3.98. The fraction of sp³-hybridized carbons (Fsp3) is 0.375. The third-order valence-electron chi connectivity index (χ3n) is 3.98. The Morgan fingerprint density at radius 2 is 2.13 bits per heavy atom. The molecule has 1 atom stereocenters. The average molecular weight is 314 g/mol. The van der Waals surface area contributed by atoms with Gasteiger partial charge in [-0.2, -0.15) is 0 Å². The number of carbonyl (C=O) groups is 3. The molecule has 0 bridgehead atoms. The Labute approximate surface area is 133 Å². The second-order valence-corrected chi connectivity index (χ2v) is 5.59. The highest BCUT2D eigenvalue weighted by Gasteiger charge is 2.28. The van der Waals surface area contributed by atoms with E-state index in [4.69, 9.17) is 0 Å². The van der Waals surface area contributed by atoms with Crippen molar-refractivity contribution in [2.24, 2.45) is 0 Å². The van der Waals surface area contributed by atoms with E-state index in [9.17, 15) is 14.4 Å². The van der Waals surface area contributed by atoms with Crippen molar-refractivity contribution in [1.82, 2.24) is 20.9 Å². The van der Waals surface area contributed by atoms with Gasteiger partial charge in [-0.25, -0.2) is 0 Å². The number of nitrogens with one attached hydrogen (secondary N) is 3. The van der Waals surface area contributed by atoms with Crippen LogP contribution in [0.15, 0.2) is 24.4 Å². The van der Waals surface area contributed by atoms with E-state index in [2.05, 4.69) is 27.0 Å². The van der Waals surface area contributed by atoms with Crippen LogP contribution in [0.2, 0.25) is 0 Å². The van der Waals surface area contributed by atoms with Crippen LogP contribution in [0, 0.1) is 0 Å². The topological polar surface area (TPSA) is 100 Å². The fourth-order valence-corrected chi connectivity index (χ4v) is 2.67. The normalized spacial score (nSPS) is 21.4. The Morgan fingerprint density at radius 3 is 2.78 bits per heavy atom. The Bertz CT molecular complexity index is 666. The van der Waals surface area contributed by atoms with Gasteiger partial charge in [0.05, 0.1) is 0 Å². The molecule has 1 saturated heterocycles. The van der Waals surface area contributed by atoms with Crippen molar-refractivity contribution in [3.8, 4) is 0 Å². The molecule has 2 aliphatic rings. The van der Waals surface area contributed by atoms with Gasteiger partial charge >= 0.3 is 0 Å². The van der Waals surface area contributed by atoms with Crippen molar-refractivity contribution in [3.63, 3.8) is 0 Å². The highest BCUT2D eigenvalue weighted by atomic mass is 16.2. The summed E-state index contributed by atoms with van der Waals surface area (Å²) in [7, 11) is 0. The molecule has 3 rings (SSSR count). The summed E-state index contributed by atoms with van der Waals surface area (Å²) in [6, 6.07) is 2.83. The molecule has 1 aromatic heterocycles. The molecule has 3 N–H and O–H groups in total. The number of hydrogen-bond acceptors (Lipinski definition) is 5. The largest absolute Gasteiger partial charge is 0.339 e. The smallest absolute Gasteiger partial charge is 0.270 e. The molecule has 120 valence electrons. The molecule has 0 radical (unpaired) electrons. The highest BCUT2D eigenvalue weighted by molar-refractivity contribution is 6.03. The average Bonchev–Trinajstić information content (AvgIpc) is 2.58. The van der Waals surface area contributed by atoms with Gasteiger partial charge in [0.2, 0.25) is 11.8 Å². The van der Waals surface area contributed by atoms with Crippen molar-refractivity contribution in [2.45, 2.75) is 25.3 Å². The lowest BCUT2D eigenvalue weighted by Gasteiger charge is -2.21. The van der Waals surface area contributed by atoms with Gasteiger partial charge in [0.25, 0.3) is 5.91 Å². The predicted molar refractivity (Wildman–Crippen MR) is 83.3 cm³/mol. The van der Waals surface area contributed by atoms with E-state index in [0.717, 1.165) is 25.1 Å². The van der Waals surface area contributed by atoms with Gasteiger partial charge in [0.1, 0.15) is 11.7 Å². The lowest BCUT2D eigenvalue weighted by Crippen LogP contribution is -2.52. The molecule has 1 fully saturated rings. The van der Waals surface area contributed by atoms with Crippen molar-refractivity contribution < 1.29 is 14.4 Å². The minimum atomic E-state index is -0.686. The number of hydrogen-bond donors (Lipinski definition) is 3. The van der Waals surface area contributed by atoms with Gasteiger partial charge in [0.15, 0.2) is 0 Å². The Morgan fingerprint density at radius 1 is 1.26 bits per heavy atom. The van der Waals surface area contributed by atoms with Gasteiger partial charge in [-0.3, -0.25) is 24.7 Å². The summed E-state index contributed by atoms with van der Waals surface area (Å²) in [4.78, 5) is 39.1. The number of imide groups is 1. The van der Waals surface area contributed by atoms with Crippen LogP contribution < -0.4 is 16.0 Å². The first-order valence-corrected chi connectivity index (χ1v) is 7.64. The van der Waals surface area contributed by atoms with E-state index in [-0.39, 0.29) is 18.0 Å². The summed E-state index contributed by atoms with van der Waals surface area (Å²) < 4.78 is 0. The maximum absolute atomic E-state index is 12.2. The zero-order chi connectivity index (χ0) is 16.2. The fourth-order valence-electron chi connectivity index (χ4n) is 2.67. The molecule has 7 nitrogen and oxygen atoms in total. The second-order valence-electron chi connectivity index (χ2n) is 5.59. The molecule has 2 aliphatic heterocycles. The Balaban J connectivity index is 1.65. The number of carbonyl (C=O) groups excluding carboxylic acids is 3. The predicted octanol–water partition coefficient (Wildman–Crippen LogP) is -0.00670. The number of amides is 3. The van der Waals surface area contributed by atoms with Gasteiger partial charge < -0.3 is 10.6 Å². The first-order chi connectivity index (χ1) is 11.1.